The largest absolute Gasteiger partial charge is 0.356 e. The topological polar surface area (TPSA) is 41.1 Å². The molecular weight excluding hydrogens is 164 g/mol. The molecule has 1 aliphatic rings. The van der Waals surface area contributed by atoms with E-state index >= 15 is 0 Å². The van der Waals surface area contributed by atoms with E-state index in [-0.39, 0.29) is 5.91 Å². The molecule has 1 amide bonds. The Bertz CT molecular complexity index is 166. The van der Waals surface area contributed by atoms with Gasteiger partial charge in [-0.05, 0) is 26.3 Å². The van der Waals surface area contributed by atoms with Crippen molar-refractivity contribution < 1.29 is 4.79 Å². The predicted octanol–water partition coefficient (Wildman–Crippen LogP) is 0.901. The first-order valence-electron chi connectivity index (χ1n) is 5.20. The Morgan fingerprint density at radius 1 is 1.54 bits per heavy atom. The van der Waals surface area contributed by atoms with Crippen LogP contribution in [-0.4, -0.2) is 25.5 Å². The summed E-state index contributed by atoms with van der Waals surface area (Å²) >= 11 is 0. The molecule has 3 nitrogen and oxygen atoms in total. The molecule has 0 aromatic carbocycles. The third kappa shape index (κ3) is 4.27. The number of carbonyl (C=O) groups excluding carboxylic acids is 1. The van der Waals surface area contributed by atoms with Gasteiger partial charge in [-0.3, -0.25) is 4.79 Å². The molecule has 13 heavy (non-hydrogen) atoms. The Kier molecular flexibility index (Phi) is 4.22. The van der Waals surface area contributed by atoms with E-state index in [1.807, 2.05) is 14.0 Å². The second-order valence-electron chi connectivity index (χ2n) is 3.82. The van der Waals surface area contributed by atoms with E-state index in [4.69, 9.17) is 0 Å². The summed E-state index contributed by atoms with van der Waals surface area (Å²) in [7, 11) is 1.94. The van der Waals surface area contributed by atoms with Gasteiger partial charge in [-0.1, -0.05) is 12.8 Å². The molecule has 0 heterocycles. The molecule has 0 radical (unpaired) electrons. The molecule has 0 bridgehead atoms. The van der Waals surface area contributed by atoms with E-state index in [9.17, 15) is 4.79 Å². The van der Waals surface area contributed by atoms with Crippen molar-refractivity contribution in [3.8, 4) is 0 Å². The Balaban J connectivity index is 2.17. The van der Waals surface area contributed by atoms with Gasteiger partial charge in [0.15, 0.2) is 0 Å². The number of amides is 1. The maximum atomic E-state index is 11.3. The molecule has 0 spiro atoms. The summed E-state index contributed by atoms with van der Waals surface area (Å²) in [5, 5.41) is 6.03. The lowest BCUT2D eigenvalue weighted by molar-refractivity contribution is -0.121. The Morgan fingerprint density at radius 3 is 2.69 bits per heavy atom. The zero-order chi connectivity index (χ0) is 9.68. The second kappa shape index (κ2) is 5.22. The summed E-state index contributed by atoms with van der Waals surface area (Å²) in [6.07, 6.45) is 4.50. The van der Waals surface area contributed by atoms with Gasteiger partial charge in [-0.25, -0.2) is 0 Å². The van der Waals surface area contributed by atoms with Gasteiger partial charge in [0.05, 0.1) is 0 Å². The first kappa shape index (κ1) is 10.5. The average Bonchev–Trinajstić information content (AvgIpc) is 2.87. The van der Waals surface area contributed by atoms with Crippen LogP contribution in [-0.2, 0) is 4.79 Å². The number of hydrogen-bond donors (Lipinski definition) is 2. The van der Waals surface area contributed by atoms with E-state index in [1.54, 1.807) is 0 Å². The van der Waals surface area contributed by atoms with Crippen molar-refractivity contribution in [1.82, 2.24) is 10.6 Å². The molecule has 0 unspecified atom stereocenters. The summed E-state index contributed by atoms with van der Waals surface area (Å²) in [5.74, 6) is 1.05. The SMILES string of the molecule is CCNC(=O)C[C@H](CC1CC1)NC. The van der Waals surface area contributed by atoms with Gasteiger partial charge in [0.1, 0.15) is 0 Å². The van der Waals surface area contributed by atoms with Gasteiger partial charge in [-0.15, -0.1) is 0 Å². The summed E-state index contributed by atoms with van der Waals surface area (Å²) in [4.78, 5) is 11.3. The van der Waals surface area contributed by atoms with Crippen LogP contribution in [0.2, 0.25) is 0 Å². The maximum absolute atomic E-state index is 11.3. The molecule has 0 saturated heterocycles. The smallest absolute Gasteiger partial charge is 0.221 e. The predicted molar refractivity (Wildman–Crippen MR) is 53.5 cm³/mol. The molecule has 0 aromatic heterocycles. The minimum absolute atomic E-state index is 0.169. The van der Waals surface area contributed by atoms with Gasteiger partial charge in [0, 0.05) is 19.0 Å². The van der Waals surface area contributed by atoms with E-state index in [0.29, 0.717) is 12.5 Å². The highest BCUT2D eigenvalue weighted by Crippen LogP contribution is 2.33. The third-order valence-corrected chi connectivity index (χ3v) is 2.53. The van der Waals surface area contributed by atoms with Gasteiger partial charge < -0.3 is 10.6 Å². The van der Waals surface area contributed by atoms with E-state index in [0.717, 1.165) is 18.9 Å². The zero-order valence-corrected chi connectivity index (χ0v) is 8.60. The standard InChI is InChI=1S/C10H20N2O/c1-3-12-10(13)7-9(11-2)6-8-4-5-8/h8-9,11H,3-7H2,1-2H3,(H,12,13)/t9-/m0/s1. The summed E-state index contributed by atoms with van der Waals surface area (Å²) in [5.41, 5.74) is 0. The molecule has 1 rings (SSSR count). The van der Waals surface area contributed by atoms with Crippen molar-refractivity contribution in [3.05, 3.63) is 0 Å². The van der Waals surface area contributed by atoms with Crippen molar-refractivity contribution in [2.24, 2.45) is 5.92 Å². The Labute approximate surface area is 80.3 Å². The van der Waals surface area contributed by atoms with Crippen LogP contribution in [0.5, 0.6) is 0 Å². The summed E-state index contributed by atoms with van der Waals surface area (Å²) in [6, 6.07) is 0.374. The van der Waals surface area contributed by atoms with Gasteiger partial charge in [-0.2, -0.15) is 0 Å². The molecule has 2 N–H and O–H groups in total. The fourth-order valence-electron chi connectivity index (χ4n) is 1.55. The van der Waals surface area contributed by atoms with Crippen LogP contribution in [0.3, 0.4) is 0 Å². The number of rotatable bonds is 6. The van der Waals surface area contributed by atoms with E-state index < -0.39 is 0 Å². The van der Waals surface area contributed by atoms with Crippen LogP contribution in [0.4, 0.5) is 0 Å². The number of carbonyl (C=O) groups is 1. The summed E-state index contributed by atoms with van der Waals surface area (Å²) in [6.45, 7) is 2.69. The van der Waals surface area contributed by atoms with Crippen LogP contribution in [0.1, 0.15) is 32.6 Å². The first-order chi connectivity index (χ1) is 6.26. The zero-order valence-electron chi connectivity index (χ0n) is 8.60. The molecule has 3 heteroatoms. The minimum atomic E-state index is 0.169. The van der Waals surface area contributed by atoms with E-state index in [2.05, 4.69) is 10.6 Å². The lowest BCUT2D eigenvalue weighted by Crippen LogP contribution is -2.34. The van der Waals surface area contributed by atoms with E-state index in [1.165, 1.54) is 12.8 Å². The maximum Gasteiger partial charge on any atom is 0.221 e. The van der Waals surface area contributed by atoms with Crippen molar-refractivity contribution in [2.45, 2.75) is 38.6 Å². The monoisotopic (exact) mass is 184 g/mol. The second-order valence-corrected chi connectivity index (χ2v) is 3.82. The molecule has 1 aliphatic carbocycles. The molecule has 1 atom stereocenters. The molecule has 1 fully saturated rings. The van der Waals surface area contributed by atoms with Crippen molar-refractivity contribution in [2.75, 3.05) is 13.6 Å². The van der Waals surface area contributed by atoms with Gasteiger partial charge in [0.25, 0.3) is 0 Å². The number of nitrogens with one attached hydrogen (secondary N) is 2. The highest BCUT2D eigenvalue weighted by atomic mass is 16.1. The van der Waals surface area contributed by atoms with Crippen molar-refractivity contribution >= 4 is 5.91 Å². The molecule has 0 aromatic rings. The molecule has 1 saturated carbocycles. The molecule has 76 valence electrons. The minimum Gasteiger partial charge on any atom is -0.356 e. The highest BCUT2D eigenvalue weighted by molar-refractivity contribution is 5.76. The summed E-state index contributed by atoms with van der Waals surface area (Å²) < 4.78 is 0. The normalized spacial score (nSPS) is 18.3. The third-order valence-electron chi connectivity index (χ3n) is 2.53. The average molecular weight is 184 g/mol. The Morgan fingerprint density at radius 2 is 2.23 bits per heavy atom. The lowest BCUT2D eigenvalue weighted by Gasteiger charge is -2.14. The van der Waals surface area contributed by atoms with Gasteiger partial charge >= 0.3 is 0 Å². The molecule has 0 aliphatic heterocycles. The number of hydrogen-bond acceptors (Lipinski definition) is 2. The Hall–Kier alpha value is -0.570. The first-order valence-corrected chi connectivity index (χ1v) is 5.20. The van der Waals surface area contributed by atoms with Crippen LogP contribution in [0.25, 0.3) is 0 Å². The van der Waals surface area contributed by atoms with Crippen LogP contribution in [0, 0.1) is 5.92 Å². The molecular formula is C10H20N2O. The lowest BCUT2D eigenvalue weighted by atomic mass is 10.1. The van der Waals surface area contributed by atoms with Crippen LogP contribution in [0.15, 0.2) is 0 Å². The van der Waals surface area contributed by atoms with Crippen LogP contribution < -0.4 is 10.6 Å². The fourth-order valence-corrected chi connectivity index (χ4v) is 1.55. The van der Waals surface area contributed by atoms with Crippen molar-refractivity contribution in [3.63, 3.8) is 0 Å². The highest BCUT2D eigenvalue weighted by Gasteiger charge is 2.25. The van der Waals surface area contributed by atoms with Gasteiger partial charge in [0.2, 0.25) is 5.91 Å². The van der Waals surface area contributed by atoms with Crippen molar-refractivity contribution in [1.29, 1.82) is 0 Å². The fraction of sp³-hybridized carbons (Fsp3) is 0.900. The quantitative estimate of drug-likeness (QED) is 0.644. The van der Waals surface area contributed by atoms with Crippen LogP contribution >= 0.6 is 0 Å².